The van der Waals surface area contributed by atoms with Crippen molar-refractivity contribution >= 4 is 16.5 Å². The highest BCUT2D eigenvalue weighted by Crippen LogP contribution is 2.38. The minimum atomic E-state index is -4.34. The second kappa shape index (κ2) is 6.12. The van der Waals surface area contributed by atoms with Crippen molar-refractivity contribution in [1.82, 2.24) is 14.5 Å². The Morgan fingerprint density at radius 3 is 2.52 bits per heavy atom. The second-order valence-corrected chi connectivity index (χ2v) is 6.68. The number of hydrogen-bond acceptors (Lipinski definition) is 5. The van der Waals surface area contributed by atoms with E-state index in [2.05, 4.69) is 9.97 Å². The Morgan fingerprint density at radius 2 is 2.00 bits per heavy atom. The summed E-state index contributed by atoms with van der Waals surface area (Å²) in [6.07, 6.45) is 0.685. The average molecular weight is 346 g/mol. The van der Waals surface area contributed by atoms with Gasteiger partial charge < -0.3 is 14.6 Å². The largest absolute Gasteiger partial charge is 0.427 e. The number of aromatic nitrogens is 3. The molecule has 9 heteroatoms. The molecule has 126 valence electrons. The molecule has 1 saturated heterocycles. The standard InChI is InChI=1S/C14H17F3N4OS/c1-20-7-4-18-12(20)11(22)9-2-5-21(6-3-9)13-19-8-10(23-13)14(15,16)17/h4,7-9,11,22H,2-3,5-6H2,1H3/t11-/m0/s1. The number of piperidine rings is 1. The van der Waals surface area contributed by atoms with Crippen molar-refractivity contribution < 1.29 is 18.3 Å². The van der Waals surface area contributed by atoms with E-state index >= 15 is 0 Å². The van der Waals surface area contributed by atoms with Crippen LogP contribution in [0.5, 0.6) is 0 Å². The van der Waals surface area contributed by atoms with Crippen molar-refractivity contribution in [1.29, 1.82) is 0 Å². The molecule has 0 amide bonds. The van der Waals surface area contributed by atoms with Crippen molar-refractivity contribution in [2.75, 3.05) is 18.0 Å². The molecule has 0 aromatic carbocycles. The van der Waals surface area contributed by atoms with Gasteiger partial charge in [-0.15, -0.1) is 0 Å². The number of aliphatic hydroxyl groups is 1. The molecule has 1 fully saturated rings. The summed E-state index contributed by atoms with van der Waals surface area (Å²) >= 11 is 0.667. The molecule has 0 radical (unpaired) electrons. The summed E-state index contributed by atoms with van der Waals surface area (Å²) in [7, 11) is 1.83. The molecule has 2 aromatic rings. The van der Waals surface area contributed by atoms with Gasteiger partial charge in [-0.2, -0.15) is 13.2 Å². The number of aliphatic hydroxyl groups excluding tert-OH is 1. The van der Waals surface area contributed by atoms with E-state index < -0.39 is 17.2 Å². The van der Waals surface area contributed by atoms with Gasteiger partial charge in [0.05, 0.1) is 6.20 Å². The molecule has 0 aliphatic carbocycles. The second-order valence-electron chi connectivity index (χ2n) is 5.67. The van der Waals surface area contributed by atoms with Crippen LogP contribution in [0.3, 0.4) is 0 Å². The van der Waals surface area contributed by atoms with Crippen LogP contribution in [0.4, 0.5) is 18.3 Å². The van der Waals surface area contributed by atoms with Gasteiger partial charge in [-0.25, -0.2) is 9.97 Å². The quantitative estimate of drug-likeness (QED) is 0.929. The zero-order valence-corrected chi connectivity index (χ0v) is 13.3. The third-order valence-corrected chi connectivity index (χ3v) is 5.26. The molecule has 1 N–H and O–H groups in total. The SMILES string of the molecule is Cn1ccnc1[C@@H](O)C1CCN(c2ncc(C(F)(F)F)s2)CC1. The maximum Gasteiger partial charge on any atom is 0.427 e. The Labute approximate surface area is 135 Å². The molecule has 1 aliphatic heterocycles. The molecule has 5 nitrogen and oxygen atoms in total. The summed E-state index contributed by atoms with van der Waals surface area (Å²) in [6, 6.07) is 0. The van der Waals surface area contributed by atoms with E-state index in [1.807, 2.05) is 11.9 Å². The molecule has 1 aliphatic rings. The Bertz CT molecular complexity index is 661. The normalized spacial score (nSPS) is 18.4. The Balaban J connectivity index is 1.62. The van der Waals surface area contributed by atoms with E-state index in [4.69, 9.17) is 0 Å². The van der Waals surface area contributed by atoms with Crippen molar-refractivity contribution in [3.8, 4) is 0 Å². The van der Waals surface area contributed by atoms with Gasteiger partial charge in [0.1, 0.15) is 16.8 Å². The van der Waals surface area contributed by atoms with E-state index in [9.17, 15) is 18.3 Å². The zero-order chi connectivity index (χ0) is 16.6. The first-order valence-electron chi connectivity index (χ1n) is 7.29. The molecular formula is C14H17F3N4OS. The first-order chi connectivity index (χ1) is 10.9. The fourth-order valence-corrected chi connectivity index (χ4v) is 3.66. The maximum absolute atomic E-state index is 12.6. The first kappa shape index (κ1) is 16.3. The number of rotatable bonds is 3. The van der Waals surface area contributed by atoms with Gasteiger partial charge in [-0.1, -0.05) is 11.3 Å². The lowest BCUT2D eigenvalue weighted by Crippen LogP contribution is -2.36. The predicted molar refractivity (Wildman–Crippen MR) is 80.2 cm³/mol. The summed E-state index contributed by atoms with van der Waals surface area (Å²) in [6.45, 7) is 1.16. The highest BCUT2D eigenvalue weighted by Gasteiger charge is 2.35. The van der Waals surface area contributed by atoms with Gasteiger partial charge >= 0.3 is 6.18 Å². The van der Waals surface area contributed by atoms with Gasteiger partial charge in [-0.3, -0.25) is 0 Å². The summed E-state index contributed by atoms with van der Waals surface area (Å²) < 4.78 is 39.7. The van der Waals surface area contributed by atoms with Gasteiger partial charge in [0.2, 0.25) is 0 Å². The molecule has 3 rings (SSSR count). The molecule has 0 unspecified atom stereocenters. The van der Waals surface area contributed by atoms with Gasteiger partial charge in [0.15, 0.2) is 5.13 Å². The number of alkyl halides is 3. The van der Waals surface area contributed by atoms with Crippen LogP contribution in [0.25, 0.3) is 0 Å². The number of hydrogen-bond donors (Lipinski definition) is 1. The predicted octanol–water partition coefficient (Wildman–Crippen LogP) is 2.85. The lowest BCUT2D eigenvalue weighted by molar-refractivity contribution is -0.134. The van der Waals surface area contributed by atoms with Gasteiger partial charge in [-0.05, 0) is 18.8 Å². The van der Waals surface area contributed by atoms with Crippen LogP contribution in [0, 0.1) is 5.92 Å². The monoisotopic (exact) mass is 346 g/mol. The Kier molecular flexibility index (Phi) is 4.33. The van der Waals surface area contributed by atoms with E-state index in [-0.39, 0.29) is 5.92 Å². The molecule has 0 spiro atoms. The van der Waals surface area contributed by atoms with E-state index in [1.54, 1.807) is 17.0 Å². The third kappa shape index (κ3) is 3.35. The molecule has 0 saturated carbocycles. The van der Waals surface area contributed by atoms with Crippen molar-refractivity contribution in [2.45, 2.75) is 25.1 Å². The molecule has 2 aromatic heterocycles. The molecule has 0 bridgehead atoms. The van der Waals surface area contributed by atoms with Crippen LogP contribution < -0.4 is 4.90 Å². The highest BCUT2D eigenvalue weighted by atomic mass is 32.1. The lowest BCUT2D eigenvalue weighted by Gasteiger charge is -2.33. The van der Waals surface area contributed by atoms with E-state index in [1.165, 1.54) is 0 Å². The van der Waals surface area contributed by atoms with Crippen LogP contribution in [-0.4, -0.2) is 32.7 Å². The van der Waals surface area contributed by atoms with Crippen LogP contribution in [0.15, 0.2) is 18.6 Å². The molecular weight excluding hydrogens is 329 g/mol. The number of anilines is 1. The van der Waals surface area contributed by atoms with Crippen LogP contribution >= 0.6 is 11.3 Å². The zero-order valence-electron chi connectivity index (χ0n) is 12.5. The van der Waals surface area contributed by atoms with Crippen LogP contribution in [0.2, 0.25) is 0 Å². The first-order valence-corrected chi connectivity index (χ1v) is 8.11. The summed E-state index contributed by atoms with van der Waals surface area (Å²) in [5.41, 5.74) is 0. The molecule has 1 atom stereocenters. The number of nitrogens with zero attached hydrogens (tertiary/aromatic N) is 4. The van der Waals surface area contributed by atoms with Crippen molar-refractivity contribution in [2.24, 2.45) is 13.0 Å². The smallest absolute Gasteiger partial charge is 0.385 e. The number of halogens is 3. The van der Waals surface area contributed by atoms with Crippen LogP contribution in [0.1, 0.15) is 29.6 Å². The van der Waals surface area contributed by atoms with Crippen molar-refractivity contribution in [3.63, 3.8) is 0 Å². The Hall–Kier alpha value is -1.61. The van der Waals surface area contributed by atoms with Crippen LogP contribution in [-0.2, 0) is 13.2 Å². The number of aryl methyl sites for hydroxylation is 1. The average Bonchev–Trinajstić information content (AvgIpc) is 3.15. The fraction of sp³-hybridized carbons (Fsp3) is 0.571. The maximum atomic E-state index is 12.6. The van der Waals surface area contributed by atoms with E-state index in [0.717, 1.165) is 6.20 Å². The minimum Gasteiger partial charge on any atom is -0.385 e. The lowest BCUT2D eigenvalue weighted by atomic mass is 9.91. The Morgan fingerprint density at radius 1 is 1.30 bits per heavy atom. The molecule has 3 heterocycles. The topological polar surface area (TPSA) is 54.2 Å². The third-order valence-electron chi connectivity index (χ3n) is 4.15. The highest BCUT2D eigenvalue weighted by molar-refractivity contribution is 7.15. The minimum absolute atomic E-state index is 0.0504. The van der Waals surface area contributed by atoms with E-state index in [0.29, 0.717) is 48.2 Å². The molecule has 23 heavy (non-hydrogen) atoms. The summed E-state index contributed by atoms with van der Waals surface area (Å²) in [5.74, 6) is 0.673. The summed E-state index contributed by atoms with van der Waals surface area (Å²) in [5, 5.41) is 10.8. The van der Waals surface area contributed by atoms with Crippen molar-refractivity contribution in [3.05, 3.63) is 29.3 Å². The number of imidazole rings is 1. The summed E-state index contributed by atoms with van der Waals surface area (Å²) in [4.78, 5) is 9.22. The fourth-order valence-electron chi connectivity index (χ4n) is 2.82. The van der Waals surface area contributed by atoms with Gasteiger partial charge in [0, 0.05) is 32.5 Å². The van der Waals surface area contributed by atoms with Gasteiger partial charge in [0.25, 0.3) is 0 Å². The number of thiazole rings is 1.